The SMILES string of the molecule is CCC1CCCN(c2nc(NC)ccc2[N+](=O)[O-])C1. The summed E-state index contributed by atoms with van der Waals surface area (Å²) in [6.07, 6.45) is 3.38. The average Bonchev–Trinajstić information content (AvgIpc) is 2.46. The minimum atomic E-state index is -0.350. The van der Waals surface area contributed by atoms with Crippen molar-refractivity contribution in [3.8, 4) is 0 Å². The van der Waals surface area contributed by atoms with Gasteiger partial charge in [0.1, 0.15) is 5.82 Å². The van der Waals surface area contributed by atoms with Crippen LogP contribution < -0.4 is 10.2 Å². The first-order valence-electron chi connectivity index (χ1n) is 6.73. The van der Waals surface area contributed by atoms with Gasteiger partial charge in [-0.15, -0.1) is 0 Å². The van der Waals surface area contributed by atoms with Gasteiger partial charge in [-0.05, 0) is 24.8 Å². The fraction of sp³-hybridized carbons (Fsp3) is 0.615. The van der Waals surface area contributed by atoms with Crippen LogP contribution in [-0.4, -0.2) is 30.0 Å². The molecule has 1 fully saturated rings. The summed E-state index contributed by atoms with van der Waals surface area (Å²) < 4.78 is 0. The number of nitrogens with one attached hydrogen (secondary N) is 1. The van der Waals surface area contributed by atoms with Crippen LogP contribution in [0.15, 0.2) is 12.1 Å². The van der Waals surface area contributed by atoms with E-state index in [0.29, 0.717) is 17.6 Å². The molecule has 0 saturated carbocycles. The van der Waals surface area contributed by atoms with Crippen LogP contribution in [0.5, 0.6) is 0 Å². The number of piperidine rings is 1. The number of hydrogen-bond donors (Lipinski definition) is 1. The number of nitrogens with zero attached hydrogens (tertiary/aromatic N) is 3. The van der Waals surface area contributed by atoms with Crippen LogP contribution in [0.25, 0.3) is 0 Å². The Hall–Kier alpha value is -1.85. The van der Waals surface area contributed by atoms with Crippen LogP contribution in [-0.2, 0) is 0 Å². The Bertz CT molecular complexity index is 464. The summed E-state index contributed by atoms with van der Waals surface area (Å²) in [5.74, 6) is 1.77. The summed E-state index contributed by atoms with van der Waals surface area (Å²) in [4.78, 5) is 17.2. The molecule has 1 aliphatic rings. The van der Waals surface area contributed by atoms with E-state index in [4.69, 9.17) is 0 Å². The molecule has 0 aliphatic carbocycles. The summed E-state index contributed by atoms with van der Waals surface area (Å²) >= 11 is 0. The Morgan fingerprint density at radius 2 is 2.37 bits per heavy atom. The number of pyridine rings is 1. The summed E-state index contributed by atoms with van der Waals surface area (Å²) in [5.41, 5.74) is 0.0933. The van der Waals surface area contributed by atoms with Gasteiger partial charge in [-0.25, -0.2) is 4.98 Å². The standard InChI is InChI=1S/C13H20N4O2/c1-3-10-5-4-8-16(9-10)13-11(17(18)19)6-7-12(14-2)15-13/h6-7,10H,3-5,8-9H2,1-2H3,(H,14,15). The molecule has 2 rings (SSSR count). The topological polar surface area (TPSA) is 71.3 Å². The lowest BCUT2D eigenvalue weighted by atomic mass is 9.95. The van der Waals surface area contributed by atoms with Crippen molar-refractivity contribution in [3.63, 3.8) is 0 Å². The highest BCUT2D eigenvalue weighted by Gasteiger charge is 2.26. The maximum absolute atomic E-state index is 11.1. The molecule has 1 N–H and O–H groups in total. The molecule has 0 amide bonds. The van der Waals surface area contributed by atoms with E-state index in [2.05, 4.69) is 22.1 Å². The highest BCUT2D eigenvalue weighted by atomic mass is 16.6. The molecule has 0 spiro atoms. The van der Waals surface area contributed by atoms with Crippen molar-refractivity contribution < 1.29 is 4.92 Å². The molecule has 1 saturated heterocycles. The monoisotopic (exact) mass is 264 g/mol. The molecule has 0 radical (unpaired) electrons. The van der Waals surface area contributed by atoms with E-state index in [0.717, 1.165) is 25.9 Å². The second-order valence-corrected chi connectivity index (χ2v) is 4.91. The molecule has 6 nitrogen and oxygen atoms in total. The van der Waals surface area contributed by atoms with Crippen molar-refractivity contribution in [2.75, 3.05) is 30.4 Å². The van der Waals surface area contributed by atoms with Crippen molar-refractivity contribution in [1.29, 1.82) is 0 Å². The van der Waals surface area contributed by atoms with E-state index in [9.17, 15) is 10.1 Å². The maximum atomic E-state index is 11.1. The van der Waals surface area contributed by atoms with Gasteiger partial charge in [-0.2, -0.15) is 0 Å². The van der Waals surface area contributed by atoms with Gasteiger partial charge in [-0.1, -0.05) is 13.3 Å². The molecule has 0 aromatic carbocycles. The Balaban J connectivity index is 2.32. The van der Waals surface area contributed by atoms with Gasteiger partial charge in [0.25, 0.3) is 0 Å². The van der Waals surface area contributed by atoms with E-state index in [1.165, 1.54) is 12.5 Å². The fourth-order valence-electron chi connectivity index (χ4n) is 2.55. The molecule has 1 aliphatic heterocycles. The maximum Gasteiger partial charge on any atom is 0.311 e. The second-order valence-electron chi connectivity index (χ2n) is 4.91. The molecule has 1 unspecified atom stereocenters. The number of nitro groups is 1. The quantitative estimate of drug-likeness (QED) is 0.668. The van der Waals surface area contributed by atoms with Crippen molar-refractivity contribution in [2.24, 2.45) is 5.92 Å². The normalized spacial score (nSPS) is 19.3. The predicted octanol–water partition coefficient (Wildman–Crippen LogP) is 2.66. The Kier molecular flexibility index (Phi) is 4.19. The third-order valence-electron chi connectivity index (χ3n) is 3.70. The first kappa shape index (κ1) is 13.6. The molecule has 1 aromatic rings. The number of rotatable bonds is 4. The van der Waals surface area contributed by atoms with Crippen LogP contribution >= 0.6 is 0 Å². The number of hydrogen-bond acceptors (Lipinski definition) is 5. The van der Waals surface area contributed by atoms with Crippen molar-refractivity contribution >= 4 is 17.3 Å². The summed E-state index contributed by atoms with van der Waals surface area (Å²) in [7, 11) is 1.77. The summed E-state index contributed by atoms with van der Waals surface area (Å²) in [5, 5.41) is 14.1. The molecular weight excluding hydrogens is 244 g/mol. The van der Waals surface area contributed by atoms with Crippen LogP contribution in [0.2, 0.25) is 0 Å². The molecule has 19 heavy (non-hydrogen) atoms. The van der Waals surface area contributed by atoms with Gasteiger partial charge >= 0.3 is 5.69 Å². The van der Waals surface area contributed by atoms with Gasteiger partial charge in [0.2, 0.25) is 5.82 Å². The Morgan fingerprint density at radius 1 is 1.58 bits per heavy atom. The second kappa shape index (κ2) is 5.86. The average molecular weight is 264 g/mol. The van der Waals surface area contributed by atoms with Crippen molar-refractivity contribution in [2.45, 2.75) is 26.2 Å². The third kappa shape index (κ3) is 2.94. The van der Waals surface area contributed by atoms with Crippen LogP contribution in [0.1, 0.15) is 26.2 Å². The first-order chi connectivity index (χ1) is 9.15. The van der Waals surface area contributed by atoms with E-state index < -0.39 is 0 Å². The highest BCUT2D eigenvalue weighted by molar-refractivity contribution is 5.61. The minimum Gasteiger partial charge on any atom is -0.373 e. The third-order valence-corrected chi connectivity index (χ3v) is 3.70. The molecular formula is C13H20N4O2. The largest absolute Gasteiger partial charge is 0.373 e. The Morgan fingerprint density at radius 3 is 3.00 bits per heavy atom. The highest BCUT2D eigenvalue weighted by Crippen LogP contribution is 2.31. The first-order valence-corrected chi connectivity index (χ1v) is 6.73. The van der Waals surface area contributed by atoms with E-state index in [1.807, 2.05) is 0 Å². The van der Waals surface area contributed by atoms with Crippen molar-refractivity contribution in [3.05, 3.63) is 22.2 Å². The zero-order valence-electron chi connectivity index (χ0n) is 11.4. The van der Waals surface area contributed by atoms with E-state index >= 15 is 0 Å². The zero-order chi connectivity index (χ0) is 13.8. The Labute approximate surface area is 113 Å². The molecule has 104 valence electrons. The fourth-order valence-corrected chi connectivity index (χ4v) is 2.55. The lowest BCUT2D eigenvalue weighted by Gasteiger charge is -2.32. The van der Waals surface area contributed by atoms with Gasteiger partial charge in [0.05, 0.1) is 4.92 Å². The van der Waals surface area contributed by atoms with Gasteiger partial charge in [0, 0.05) is 26.2 Å². The van der Waals surface area contributed by atoms with Gasteiger partial charge < -0.3 is 10.2 Å². The smallest absolute Gasteiger partial charge is 0.311 e. The molecule has 0 bridgehead atoms. The molecule has 1 atom stereocenters. The van der Waals surface area contributed by atoms with Crippen LogP contribution in [0.4, 0.5) is 17.3 Å². The van der Waals surface area contributed by atoms with Crippen LogP contribution in [0.3, 0.4) is 0 Å². The number of anilines is 2. The van der Waals surface area contributed by atoms with Crippen molar-refractivity contribution in [1.82, 2.24) is 4.98 Å². The molecule has 2 heterocycles. The summed E-state index contributed by atoms with van der Waals surface area (Å²) in [6.45, 7) is 3.87. The summed E-state index contributed by atoms with van der Waals surface area (Å²) in [6, 6.07) is 3.17. The van der Waals surface area contributed by atoms with Gasteiger partial charge in [-0.3, -0.25) is 10.1 Å². The predicted molar refractivity (Wildman–Crippen MR) is 75.7 cm³/mol. The molecule has 6 heteroatoms. The van der Waals surface area contributed by atoms with E-state index in [1.54, 1.807) is 13.1 Å². The van der Waals surface area contributed by atoms with E-state index in [-0.39, 0.29) is 10.6 Å². The zero-order valence-corrected chi connectivity index (χ0v) is 11.4. The van der Waals surface area contributed by atoms with Gasteiger partial charge in [0.15, 0.2) is 0 Å². The molecule has 1 aromatic heterocycles. The lowest BCUT2D eigenvalue weighted by Crippen LogP contribution is -2.36. The van der Waals surface area contributed by atoms with Crippen LogP contribution in [0, 0.1) is 16.0 Å². The number of aromatic nitrogens is 1. The lowest BCUT2D eigenvalue weighted by molar-refractivity contribution is -0.384. The minimum absolute atomic E-state index is 0.0933.